The van der Waals surface area contributed by atoms with Crippen molar-refractivity contribution in [1.29, 1.82) is 5.26 Å². The lowest BCUT2D eigenvalue weighted by Gasteiger charge is -2.22. The van der Waals surface area contributed by atoms with Gasteiger partial charge in [0.2, 0.25) is 0 Å². The van der Waals surface area contributed by atoms with Crippen LogP contribution in [0.3, 0.4) is 0 Å². The summed E-state index contributed by atoms with van der Waals surface area (Å²) in [5, 5.41) is 18.8. The SMILES string of the molecule is C=CN(C)/C(CC(C)N)=C(\C)SSc1ncn(C#N)c1CC(N)C(=O)O. The number of hydrogen-bond acceptors (Lipinski definition) is 8. The fourth-order valence-corrected chi connectivity index (χ4v) is 4.31. The van der Waals surface area contributed by atoms with E-state index in [9.17, 15) is 10.1 Å². The van der Waals surface area contributed by atoms with Crippen molar-refractivity contribution in [2.75, 3.05) is 7.05 Å². The van der Waals surface area contributed by atoms with Gasteiger partial charge >= 0.3 is 5.97 Å². The third-order valence-electron chi connectivity index (χ3n) is 3.53. The van der Waals surface area contributed by atoms with Crippen LogP contribution in [0, 0.1) is 11.5 Å². The molecule has 1 heterocycles. The zero-order valence-electron chi connectivity index (χ0n) is 15.0. The van der Waals surface area contributed by atoms with Crippen molar-refractivity contribution in [2.45, 2.75) is 43.8 Å². The number of hydrogen-bond donors (Lipinski definition) is 3. The molecule has 2 unspecified atom stereocenters. The molecule has 2 atom stereocenters. The average Bonchev–Trinajstić information content (AvgIpc) is 2.98. The smallest absolute Gasteiger partial charge is 0.320 e. The summed E-state index contributed by atoms with van der Waals surface area (Å²) in [5.41, 5.74) is 13.1. The minimum Gasteiger partial charge on any atom is -0.480 e. The van der Waals surface area contributed by atoms with Crippen LogP contribution in [0.15, 0.2) is 34.7 Å². The number of allylic oxidation sites excluding steroid dienone is 1. The van der Waals surface area contributed by atoms with E-state index >= 15 is 0 Å². The number of imidazole rings is 1. The lowest BCUT2D eigenvalue weighted by Crippen LogP contribution is -2.33. The summed E-state index contributed by atoms with van der Waals surface area (Å²) >= 11 is 0. The first-order valence-electron chi connectivity index (χ1n) is 7.81. The van der Waals surface area contributed by atoms with E-state index in [1.165, 1.54) is 32.5 Å². The number of aromatic nitrogens is 2. The van der Waals surface area contributed by atoms with Gasteiger partial charge in [-0.15, -0.1) is 0 Å². The highest BCUT2D eigenvalue weighted by molar-refractivity contribution is 8.78. The first-order chi connectivity index (χ1) is 12.2. The van der Waals surface area contributed by atoms with E-state index in [-0.39, 0.29) is 12.5 Å². The molecule has 1 rings (SSSR count). The summed E-state index contributed by atoms with van der Waals surface area (Å²) in [7, 11) is 4.73. The van der Waals surface area contributed by atoms with Gasteiger partial charge in [-0.25, -0.2) is 9.55 Å². The average molecular weight is 397 g/mol. The number of aliphatic carboxylic acids is 1. The van der Waals surface area contributed by atoms with Gasteiger partial charge in [0.05, 0.1) is 5.69 Å². The molecule has 0 saturated heterocycles. The van der Waals surface area contributed by atoms with E-state index in [1.807, 2.05) is 32.0 Å². The van der Waals surface area contributed by atoms with Gasteiger partial charge in [0.25, 0.3) is 0 Å². The fourth-order valence-electron chi connectivity index (χ4n) is 2.10. The summed E-state index contributed by atoms with van der Waals surface area (Å²) in [6, 6.07) is -1.10. The molecule has 0 aliphatic carbocycles. The first-order valence-corrected chi connectivity index (χ1v) is 9.96. The fraction of sp³-hybridized carbons (Fsp3) is 0.438. The summed E-state index contributed by atoms with van der Waals surface area (Å²) < 4.78 is 1.24. The topological polar surface area (TPSA) is 134 Å². The Hall–Kier alpha value is -1.93. The molecule has 0 bridgehead atoms. The maximum absolute atomic E-state index is 11.0. The van der Waals surface area contributed by atoms with Crippen LogP contribution in [-0.2, 0) is 11.2 Å². The van der Waals surface area contributed by atoms with Crippen molar-refractivity contribution in [2.24, 2.45) is 11.5 Å². The number of rotatable bonds is 10. The van der Waals surface area contributed by atoms with E-state index in [0.29, 0.717) is 17.1 Å². The number of carboxylic acids is 1. The number of nitriles is 1. The third-order valence-corrected chi connectivity index (χ3v) is 6.07. The molecule has 26 heavy (non-hydrogen) atoms. The third kappa shape index (κ3) is 6.10. The zero-order chi connectivity index (χ0) is 19.9. The molecule has 0 radical (unpaired) electrons. The molecule has 0 saturated carbocycles. The van der Waals surface area contributed by atoms with Crippen LogP contribution in [0.2, 0.25) is 0 Å². The molecule has 0 aromatic carbocycles. The van der Waals surface area contributed by atoms with Crippen LogP contribution < -0.4 is 11.5 Å². The van der Waals surface area contributed by atoms with Crippen molar-refractivity contribution in [3.05, 3.63) is 35.4 Å². The van der Waals surface area contributed by atoms with E-state index in [4.69, 9.17) is 16.6 Å². The molecule has 0 aliphatic rings. The quantitative estimate of drug-likeness (QED) is 0.507. The maximum Gasteiger partial charge on any atom is 0.320 e. The van der Waals surface area contributed by atoms with Crippen molar-refractivity contribution < 1.29 is 9.90 Å². The van der Waals surface area contributed by atoms with E-state index < -0.39 is 12.0 Å². The molecule has 10 heteroatoms. The van der Waals surface area contributed by atoms with Crippen LogP contribution in [0.4, 0.5) is 0 Å². The molecule has 0 amide bonds. The Kier molecular flexibility index (Phi) is 8.74. The maximum atomic E-state index is 11.0. The van der Waals surface area contributed by atoms with Crippen LogP contribution in [-0.4, -0.2) is 44.7 Å². The van der Waals surface area contributed by atoms with Crippen molar-refractivity contribution >= 4 is 27.6 Å². The molecule has 1 aromatic rings. The second-order valence-electron chi connectivity index (χ2n) is 5.76. The summed E-state index contributed by atoms with van der Waals surface area (Å²) in [6.45, 7) is 7.68. The van der Waals surface area contributed by atoms with Gasteiger partial charge in [0.1, 0.15) is 17.4 Å². The number of nitrogens with zero attached hydrogens (tertiary/aromatic N) is 4. The predicted octanol–water partition coefficient (Wildman–Crippen LogP) is 1.95. The van der Waals surface area contributed by atoms with Gasteiger partial charge in [-0.1, -0.05) is 17.4 Å². The second-order valence-corrected chi connectivity index (χ2v) is 8.09. The molecule has 0 fully saturated rings. The van der Waals surface area contributed by atoms with Gasteiger partial charge in [-0.05, 0) is 30.8 Å². The van der Waals surface area contributed by atoms with Gasteiger partial charge in [0.15, 0.2) is 6.19 Å². The van der Waals surface area contributed by atoms with Crippen LogP contribution in [0.1, 0.15) is 26.0 Å². The summed E-state index contributed by atoms with van der Waals surface area (Å²) in [5.74, 6) is -1.12. The number of nitrogens with two attached hydrogens (primary N) is 2. The summed E-state index contributed by atoms with van der Waals surface area (Å²) in [4.78, 5) is 18.2. The van der Waals surface area contributed by atoms with E-state index in [0.717, 1.165) is 10.6 Å². The second kappa shape index (κ2) is 10.3. The molecule has 8 nitrogen and oxygen atoms in total. The van der Waals surface area contributed by atoms with Gasteiger partial charge in [0, 0.05) is 36.5 Å². The lowest BCUT2D eigenvalue weighted by atomic mass is 10.2. The Balaban J connectivity index is 3.03. The molecule has 0 spiro atoms. The molecule has 5 N–H and O–H groups in total. The summed E-state index contributed by atoms with van der Waals surface area (Å²) in [6.07, 6.45) is 5.75. The van der Waals surface area contributed by atoms with Crippen molar-refractivity contribution in [3.8, 4) is 6.19 Å². The van der Waals surface area contributed by atoms with E-state index in [2.05, 4.69) is 11.6 Å². The Labute approximate surface area is 161 Å². The molecular weight excluding hydrogens is 372 g/mol. The normalized spacial score (nSPS) is 14.2. The van der Waals surface area contributed by atoms with Crippen LogP contribution in [0.25, 0.3) is 0 Å². The minimum atomic E-state index is -1.12. The Morgan fingerprint density at radius 3 is 2.77 bits per heavy atom. The van der Waals surface area contributed by atoms with Gasteiger partial charge in [-0.2, -0.15) is 5.26 Å². The van der Waals surface area contributed by atoms with Crippen molar-refractivity contribution in [3.63, 3.8) is 0 Å². The highest BCUT2D eigenvalue weighted by Gasteiger charge is 2.20. The standard InChI is InChI=1S/C16H24N6O2S2/c1-5-21(4)13(6-10(2)18)11(3)25-26-15-14(7-12(19)16(23)24)22(8-17)9-20-15/h5,9-10,12H,1,6-7,18-19H2,2-4H3,(H,23,24)/b13-11+. The number of carboxylic acid groups (broad SMARTS) is 1. The molecule has 142 valence electrons. The minimum absolute atomic E-state index is 0.00475. The van der Waals surface area contributed by atoms with Gasteiger partial charge < -0.3 is 21.5 Å². The highest BCUT2D eigenvalue weighted by Crippen LogP contribution is 2.40. The highest BCUT2D eigenvalue weighted by atomic mass is 33.1. The largest absolute Gasteiger partial charge is 0.480 e. The lowest BCUT2D eigenvalue weighted by molar-refractivity contribution is -0.138. The monoisotopic (exact) mass is 396 g/mol. The van der Waals surface area contributed by atoms with Gasteiger partial charge in [-0.3, -0.25) is 4.79 Å². The van der Waals surface area contributed by atoms with Crippen LogP contribution >= 0.6 is 21.6 Å². The Morgan fingerprint density at radius 2 is 2.27 bits per heavy atom. The Bertz CT molecular complexity index is 723. The molecule has 1 aromatic heterocycles. The number of carbonyl (C=O) groups is 1. The van der Waals surface area contributed by atoms with E-state index in [1.54, 1.807) is 6.20 Å². The molecule has 0 aliphatic heterocycles. The Morgan fingerprint density at radius 1 is 1.62 bits per heavy atom. The van der Waals surface area contributed by atoms with Crippen molar-refractivity contribution in [1.82, 2.24) is 14.5 Å². The first kappa shape index (κ1) is 22.1. The predicted molar refractivity (Wildman–Crippen MR) is 105 cm³/mol. The van der Waals surface area contributed by atoms with Crippen LogP contribution in [0.5, 0.6) is 0 Å². The zero-order valence-corrected chi connectivity index (χ0v) is 16.7. The molecular formula is C16H24N6O2S2.